The molecule has 2 saturated carbocycles. The van der Waals surface area contributed by atoms with Gasteiger partial charge in [0.15, 0.2) is 10.9 Å². The second kappa shape index (κ2) is 17.2. The number of aromatic nitrogens is 1. The molecule has 0 bridgehead atoms. The monoisotopic (exact) mass is 921 g/mol. The number of halogens is 6. The van der Waals surface area contributed by atoms with Crippen LogP contribution in [0.25, 0.3) is 10.9 Å². The zero-order valence-electron chi connectivity index (χ0n) is 34.2. The number of nitrogens with one attached hydrogen (secondary N) is 3. The average molecular weight is 923 g/mol. The second-order valence-corrected chi connectivity index (χ2v) is 19.8. The SMILES string of the molecule is CCOc1ccc2nc(Cl)c(O[C@@H]3C[C@H]4C(=O)N[C@]5(C(=O)NS(=O)(=O)C6(CF)CC6)C[C@H]5/C=C\CC[C@@H](C)C[C@@H](C)[C@H](NC(=O)OC(C)(C)C(F)(F)F)C(=O)N4C3)c(Cl)c2c1. The van der Waals surface area contributed by atoms with Gasteiger partial charge in [0.1, 0.15) is 40.9 Å². The summed E-state index contributed by atoms with van der Waals surface area (Å²) in [4.78, 5) is 61.9. The van der Waals surface area contributed by atoms with Gasteiger partial charge in [0.25, 0.3) is 5.91 Å². The van der Waals surface area contributed by atoms with Gasteiger partial charge in [0, 0.05) is 17.7 Å². The molecule has 2 aromatic rings. The second-order valence-electron chi connectivity index (χ2n) is 17.0. The number of benzene rings is 1. The predicted molar refractivity (Wildman–Crippen MR) is 216 cm³/mol. The summed E-state index contributed by atoms with van der Waals surface area (Å²) in [6.07, 6.45) is -2.97. The van der Waals surface area contributed by atoms with E-state index in [1.807, 2.05) is 11.6 Å². The highest BCUT2D eigenvalue weighted by Gasteiger charge is 2.64. The minimum atomic E-state index is -4.95. The summed E-state index contributed by atoms with van der Waals surface area (Å²) in [6.45, 7) is 5.46. The van der Waals surface area contributed by atoms with Gasteiger partial charge >= 0.3 is 12.3 Å². The van der Waals surface area contributed by atoms with E-state index >= 15 is 0 Å². The van der Waals surface area contributed by atoms with Crippen LogP contribution in [0.15, 0.2) is 30.4 Å². The molecule has 2 aliphatic carbocycles. The highest BCUT2D eigenvalue weighted by atomic mass is 35.5. The van der Waals surface area contributed by atoms with Crippen LogP contribution in [0.3, 0.4) is 0 Å². The van der Waals surface area contributed by atoms with E-state index in [1.54, 1.807) is 44.2 Å². The number of sulfonamides is 1. The summed E-state index contributed by atoms with van der Waals surface area (Å²) in [5.74, 6) is -3.94. The van der Waals surface area contributed by atoms with E-state index in [1.165, 1.54) is 0 Å². The number of amides is 4. The van der Waals surface area contributed by atoms with Crippen LogP contribution in [-0.2, 0) is 29.1 Å². The maximum absolute atomic E-state index is 14.8. The Balaban J connectivity index is 1.37. The van der Waals surface area contributed by atoms with Crippen molar-refractivity contribution in [3.8, 4) is 11.5 Å². The quantitative estimate of drug-likeness (QED) is 0.134. The van der Waals surface area contributed by atoms with E-state index in [2.05, 4.69) is 15.6 Å². The molecule has 336 valence electrons. The Hall–Kier alpha value is -4.10. The number of fused-ring (bicyclic) bond motifs is 3. The van der Waals surface area contributed by atoms with Crippen molar-refractivity contribution in [3.05, 3.63) is 40.5 Å². The van der Waals surface area contributed by atoms with Gasteiger partial charge in [0.2, 0.25) is 27.4 Å². The number of hydrogen-bond acceptors (Lipinski definition) is 10. The topological polar surface area (TPSA) is 182 Å². The van der Waals surface area contributed by atoms with Crippen LogP contribution < -0.4 is 24.8 Å². The van der Waals surface area contributed by atoms with Gasteiger partial charge in [-0.05, 0) is 89.3 Å². The standard InChI is InChI=1S/C40H49Cl2F4N5O9S/c1-6-58-24-11-12-27-26(16-24)29(41)31(32(42)47-27)59-25-17-28-33(52)49-39(35(54)50-61(56,57)38(20-43)13-14-38)18-23(39)10-8-7-9-21(2)15-22(3)30(34(53)51(28)19-25)48-36(55)60-37(4,5)40(44,45)46/h8,10-12,16,21-23,25,28,30H,6-7,9,13-15,17-20H2,1-5H3,(H,48,55)(H,49,52)(H,50,54)/b10-8-/t21-,22-,23-,25-,28+,30+,39-/m1/s1. The molecular formula is C40H49Cl2F4N5O9S. The van der Waals surface area contributed by atoms with Crippen LogP contribution in [0.1, 0.15) is 79.6 Å². The first-order valence-corrected chi connectivity index (χ1v) is 22.3. The third kappa shape index (κ3) is 9.48. The molecule has 1 saturated heterocycles. The number of pyridine rings is 1. The molecule has 3 fully saturated rings. The highest BCUT2D eigenvalue weighted by Crippen LogP contribution is 2.48. The van der Waals surface area contributed by atoms with Crippen LogP contribution in [0.2, 0.25) is 10.2 Å². The summed E-state index contributed by atoms with van der Waals surface area (Å²) in [6, 6.07) is 1.98. The van der Waals surface area contributed by atoms with Gasteiger partial charge in [-0.3, -0.25) is 19.1 Å². The van der Waals surface area contributed by atoms with Gasteiger partial charge < -0.3 is 29.7 Å². The molecule has 3 heterocycles. The number of carbonyl (C=O) groups excluding carboxylic acids is 4. The molecule has 0 radical (unpaired) electrons. The molecule has 0 spiro atoms. The van der Waals surface area contributed by atoms with E-state index in [-0.39, 0.29) is 54.1 Å². The molecule has 3 N–H and O–H groups in total. The lowest BCUT2D eigenvalue weighted by molar-refractivity contribution is -0.244. The summed E-state index contributed by atoms with van der Waals surface area (Å²) in [5.41, 5.74) is -4.33. The number of rotatable bonds is 10. The van der Waals surface area contributed by atoms with Crippen LogP contribution in [0.4, 0.5) is 22.4 Å². The maximum atomic E-state index is 14.8. The molecule has 1 aromatic heterocycles. The number of nitrogens with zero attached hydrogens (tertiary/aromatic N) is 2. The smallest absolute Gasteiger partial charge is 0.427 e. The first-order chi connectivity index (χ1) is 28.5. The molecule has 6 rings (SSSR count). The lowest BCUT2D eigenvalue weighted by Crippen LogP contribution is -2.60. The van der Waals surface area contributed by atoms with E-state index in [0.717, 1.165) is 4.90 Å². The number of ether oxygens (including phenoxy) is 3. The van der Waals surface area contributed by atoms with Crippen LogP contribution in [-0.4, -0.2) is 102 Å². The van der Waals surface area contributed by atoms with Crippen molar-refractivity contribution < 1.29 is 59.4 Å². The van der Waals surface area contributed by atoms with E-state index < -0.39 is 92.6 Å². The molecule has 21 heteroatoms. The van der Waals surface area contributed by atoms with Crippen molar-refractivity contribution in [1.82, 2.24) is 25.2 Å². The summed E-state index contributed by atoms with van der Waals surface area (Å²) < 4.78 is 98.5. The van der Waals surface area contributed by atoms with Crippen molar-refractivity contribution in [2.75, 3.05) is 19.8 Å². The third-order valence-electron chi connectivity index (χ3n) is 12.0. The van der Waals surface area contributed by atoms with E-state index in [0.29, 0.717) is 56.4 Å². The van der Waals surface area contributed by atoms with Gasteiger partial charge in [-0.1, -0.05) is 49.2 Å². The Bertz CT molecular complexity index is 2210. The predicted octanol–water partition coefficient (Wildman–Crippen LogP) is 6.56. The molecule has 2 aliphatic heterocycles. The maximum Gasteiger partial charge on any atom is 0.427 e. The molecule has 14 nitrogen and oxygen atoms in total. The number of allylic oxidation sites excluding steroid dienone is 1. The Morgan fingerprint density at radius 3 is 2.46 bits per heavy atom. The largest absolute Gasteiger partial charge is 0.494 e. The van der Waals surface area contributed by atoms with Crippen molar-refractivity contribution in [1.29, 1.82) is 0 Å². The normalized spacial score (nSPS) is 28.6. The van der Waals surface area contributed by atoms with Gasteiger partial charge in [-0.15, -0.1) is 0 Å². The first-order valence-electron chi connectivity index (χ1n) is 20.0. The summed E-state index contributed by atoms with van der Waals surface area (Å²) in [5, 5.41) is 5.33. The number of alkyl carbamates (subject to hydrolysis) is 1. The minimum absolute atomic E-state index is 0.0107. The Morgan fingerprint density at radius 1 is 1.11 bits per heavy atom. The van der Waals surface area contributed by atoms with E-state index in [4.69, 9.17) is 37.4 Å². The Labute approximate surface area is 360 Å². The molecule has 4 amide bonds. The number of alkyl halides is 4. The number of hydrogen-bond donors (Lipinski definition) is 3. The molecule has 1 aromatic carbocycles. The first kappa shape index (κ1) is 46.4. The Kier molecular flexibility index (Phi) is 13.1. The molecule has 4 aliphatic rings. The van der Waals surface area contributed by atoms with Crippen molar-refractivity contribution in [2.45, 2.75) is 120 Å². The van der Waals surface area contributed by atoms with Gasteiger partial charge in [0.05, 0.1) is 23.7 Å². The van der Waals surface area contributed by atoms with Crippen molar-refractivity contribution >= 4 is 67.9 Å². The molecule has 61 heavy (non-hydrogen) atoms. The summed E-state index contributed by atoms with van der Waals surface area (Å²) >= 11 is 13.4. The van der Waals surface area contributed by atoms with Crippen LogP contribution in [0, 0.1) is 17.8 Å². The zero-order valence-corrected chi connectivity index (χ0v) is 36.5. The average Bonchev–Trinajstić information content (AvgIpc) is 4.08. The van der Waals surface area contributed by atoms with Crippen LogP contribution in [0.5, 0.6) is 11.5 Å². The molecule has 0 unspecified atom stereocenters. The lowest BCUT2D eigenvalue weighted by Gasteiger charge is -2.34. The molecule has 7 atom stereocenters. The van der Waals surface area contributed by atoms with Crippen molar-refractivity contribution in [2.24, 2.45) is 17.8 Å². The summed E-state index contributed by atoms with van der Waals surface area (Å²) in [7, 11) is -4.49. The van der Waals surface area contributed by atoms with E-state index in [9.17, 15) is 45.2 Å². The van der Waals surface area contributed by atoms with Gasteiger partial charge in [-0.2, -0.15) is 13.2 Å². The highest BCUT2D eigenvalue weighted by molar-refractivity contribution is 7.91. The third-order valence-corrected chi connectivity index (χ3v) is 14.7. The van der Waals surface area contributed by atoms with Gasteiger partial charge in [-0.25, -0.2) is 22.6 Å². The fourth-order valence-corrected chi connectivity index (χ4v) is 9.87. The van der Waals surface area contributed by atoms with Crippen LogP contribution >= 0.6 is 23.2 Å². The number of carbonyl (C=O) groups is 4. The lowest BCUT2D eigenvalue weighted by atomic mass is 9.88. The fraction of sp³-hybridized carbons (Fsp3) is 0.625. The van der Waals surface area contributed by atoms with Crippen molar-refractivity contribution in [3.63, 3.8) is 0 Å². The zero-order chi connectivity index (χ0) is 44.9. The molecular weight excluding hydrogens is 873 g/mol. The fourth-order valence-electron chi connectivity index (χ4n) is 7.88. The minimum Gasteiger partial charge on any atom is -0.494 e. The Morgan fingerprint density at radius 2 is 1.82 bits per heavy atom.